The van der Waals surface area contributed by atoms with Crippen molar-refractivity contribution in [1.29, 1.82) is 0 Å². The Bertz CT molecular complexity index is 667. The molecule has 25 heavy (non-hydrogen) atoms. The molecule has 1 heterocycles. The monoisotopic (exact) mass is 389 g/mol. The van der Waals surface area contributed by atoms with Crippen molar-refractivity contribution >= 4 is 28.3 Å². The fraction of sp³-hybridized carbons (Fsp3) is 0.588. The number of hydrogen-bond acceptors (Lipinski definition) is 4. The van der Waals surface area contributed by atoms with Gasteiger partial charge in [-0.2, -0.15) is 4.31 Å². The van der Waals surface area contributed by atoms with E-state index in [9.17, 15) is 13.2 Å². The third-order valence-corrected chi connectivity index (χ3v) is 6.47. The highest BCUT2D eigenvalue weighted by Crippen LogP contribution is 2.27. The quantitative estimate of drug-likeness (QED) is 0.742. The molecule has 0 saturated carbocycles. The normalized spacial score (nSPS) is 18.4. The van der Waals surface area contributed by atoms with Crippen LogP contribution in [0.25, 0.3) is 0 Å². The number of sulfonamides is 1. The number of nitrogens with two attached hydrogens (primary N) is 1. The Morgan fingerprint density at radius 2 is 2.04 bits per heavy atom. The summed E-state index contributed by atoms with van der Waals surface area (Å²) >= 11 is 0. The van der Waals surface area contributed by atoms with Crippen LogP contribution in [0.3, 0.4) is 0 Å². The summed E-state index contributed by atoms with van der Waals surface area (Å²) in [5, 5.41) is 2.81. The van der Waals surface area contributed by atoms with Gasteiger partial charge in [0, 0.05) is 32.1 Å². The number of amides is 1. The minimum absolute atomic E-state index is 0. The molecule has 1 unspecified atom stereocenters. The van der Waals surface area contributed by atoms with Gasteiger partial charge in [-0.3, -0.25) is 4.79 Å². The van der Waals surface area contributed by atoms with E-state index in [0.717, 1.165) is 24.8 Å². The second-order valence-corrected chi connectivity index (χ2v) is 7.93. The van der Waals surface area contributed by atoms with Crippen LogP contribution in [0.15, 0.2) is 29.2 Å². The maximum absolute atomic E-state index is 13.1. The van der Waals surface area contributed by atoms with Crippen LogP contribution in [0.4, 0.5) is 0 Å². The van der Waals surface area contributed by atoms with Crippen molar-refractivity contribution in [2.45, 2.75) is 50.0 Å². The summed E-state index contributed by atoms with van der Waals surface area (Å²) in [4.78, 5) is 12.0. The zero-order valence-corrected chi connectivity index (χ0v) is 16.2. The molecule has 0 bridgehead atoms. The largest absolute Gasteiger partial charge is 0.354 e. The molecule has 1 aliphatic rings. The molecule has 2 rings (SSSR count). The molecule has 142 valence electrons. The van der Waals surface area contributed by atoms with Crippen molar-refractivity contribution in [2.75, 3.05) is 19.6 Å². The van der Waals surface area contributed by atoms with Crippen LogP contribution >= 0.6 is 12.4 Å². The molecule has 0 aromatic heterocycles. The molecule has 0 radical (unpaired) electrons. The van der Waals surface area contributed by atoms with Crippen molar-refractivity contribution in [1.82, 2.24) is 9.62 Å². The van der Waals surface area contributed by atoms with Gasteiger partial charge >= 0.3 is 0 Å². The number of carbonyl (C=O) groups is 1. The molecular formula is C17H28ClN3O3S. The van der Waals surface area contributed by atoms with Gasteiger partial charge in [0.25, 0.3) is 0 Å². The van der Waals surface area contributed by atoms with Crippen molar-refractivity contribution in [3.63, 3.8) is 0 Å². The fourth-order valence-electron chi connectivity index (χ4n) is 3.12. The van der Waals surface area contributed by atoms with Gasteiger partial charge in [0.2, 0.25) is 15.9 Å². The molecule has 8 heteroatoms. The summed E-state index contributed by atoms with van der Waals surface area (Å²) in [5.74, 6) is -0.130. The van der Waals surface area contributed by atoms with E-state index in [1.165, 1.54) is 0 Å². The van der Waals surface area contributed by atoms with E-state index in [1.54, 1.807) is 16.4 Å². The summed E-state index contributed by atoms with van der Waals surface area (Å²) in [6.07, 6.45) is 3.51. The Labute approximate surface area is 156 Å². The first-order valence-corrected chi connectivity index (χ1v) is 10.0. The first kappa shape index (κ1) is 21.9. The maximum atomic E-state index is 13.1. The van der Waals surface area contributed by atoms with Gasteiger partial charge in [-0.1, -0.05) is 31.5 Å². The molecule has 1 atom stereocenters. The fourth-order valence-corrected chi connectivity index (χ4v) is 5.11. The Hall–Kier alpha value is -1.15. The van der Waals surface area contributed by atoms with E-state index < -0.39 is 10.0 Å². The summed E-state index contributed by atoms with van der Waals surface area (Å²) in [6.45, 7) is 3.08. The predicted octanol–water partition coefficient (Wildman–Crippen LogP) is 1.68. The number of piperidine rings is 1. The van der Waals surface area contributed by atoms with E-state index in [1.807, 2.05) is 19.1 Å². The molecule has 0 spiro atoms. The molecular weight excluding hydrogens is 362 g/mol. The van der Waals surface area contributed by atoms with Crippen molar-refractivity contribution in [3.8, 4) is 0 Å². The van der Waals surface area contributed by atoms with Gasteiger partial charge in [-0.05, 0) is 30.9 Å². The molecule has 1 aromatic rings. The summed E-state index contributed by atoms with van der Waals surface area (Å²) in [7, 11) is -3.56. The second kappa shape index (κ2) is 10.1. The molecule has 3 N–H and O–H groups in total. The van der Waals surface area contributed by atoms with E-state index in [-0.39, 0.29) is 30.8 Å². The van der Waals surface area contributed by atoms with Gasteiger partial charge < -0.3 is 11.1 Å². The van der Waals surface area contributed by atoms with E-state index in [2.05, 4.69) is 5.32 Å². The average Bonchev–Trinajstić information content (AvgIpc) is 2.60. The van der Waals surface area contributed by atoms with Crippen LogP contribution in [-0.2, 0) is 21.2 Å². The van der Waals surface area contributed by atoms with Crippen LogP contribution in [0, 0.1) is 0 Å². The van der Waals surface area contributed by atoms with E-state index in [4.69, 9.17) is 5.73 Å². The second-order valence-electron chi connectivity index (χ2n) is 6.07. The van der Waals surface area contributed by atoms with Gasteiger partial charge in [-0.15, -0.1) is 12.4 Å². The minimum Gasteiger partial charge on any atom is -0.354 e. The molecule has 0 aliphatic carbocycles. The Balaban J connectivity index is 0.00000312. The predicted molar refractivity (Wildman–Crippen MR) is 101 cm³/mol. The third kappa shape index (κ3) is 5.41. The number of aryl methyl sites for hydroxylation is 1. The summed E-state index contributed by atoms with van der Waals surface area (Å²) < 4.78 is 27.8. The molecule has 1 amide bonds. The minimum atomic E-state index is -3.56. The molecule has 1 fully saturated rings. The number of hydrogen-bond donors (Lipinski definition) is 2. The topological polar surface area (TPSA) is 92.5 Å². The van der Waals surface area contributed by atoms with Gasteiger partial charge in [0.15, 0.2) is 0 Å². The standard InChI is InChI=1S/C17H27N3O3S.ClH/c1-2-14-7-3-4-9-16(14)24(22,23)20-12-6-5-8-15(20)13-19-17(21)10-11-18;/h3-4,7,9,15H,2,5-6,8,10-13,18H2,1H3,(H,19,21);1H. The molecule has 1 aliphatic heterocycles. The van der Waals surface area contributed by atoms with Gasteiger partial charge in [0.1, 0.15) is 0 Å². The summed E-state index contributed by atoms with van der Waals surface area (Å²) in [6, 6.07) is 6.95. The van der Waals surface area contributed by atoms with Crippen LogP contribution in [-0.4, -0.2) is 44.3 Å². The highest BCUT2D eigenvalue weighted by molar-refractivity contribution is 7.89. The lowest BCUT2D eigenvalue weighted by Crippen LogP contribution is -2.49. The van der Waals surface area contributed by atoms with Crippen molar-refractivity contribution < 1.29 is 13.2 Å². The van der Waals surface area contributed by atoms with Crippen LogP contribution in [0.5, 0.6) is 0 Å². The lowest BCUT2D eigenvalue weighted by atomic mass is 10.1. The van der Waals surface area contributed by atoms with Crippen LogP contribution < -0.4 is 11.1 Å². The zero-order valence-electron chi connectivity index (χ0n) is 14.6. The lowest BCUT2D eigenvalue weighted by Gasteiger charge is -2.35. The van der Waals surface area contributed by atoms with Gasteiger partial charge in [0.05, 0.1) is 4.90 Å². The number of carbonyl (C=O) groups excluding carboxylic acids is 1. The Morgan fingerprint density at radius 3 is 2.72 bits per heavy atom. The van der Waals surface area contributed by atoms with Gasteiger partial charge in [-0.25, -0.2) is 8.42 Å². The number of rotatable bonds is 7. The Kier molecular flexibility index (Phi) is 8.85. The zero-order chi connectivity index (χ0) is 17.6. The number of halogens is 1. The van der Waals surface area contributed by atoms with Crippen LogP contribution in [0.1, 0.15) is 38.2 Å². The highest BCUT2D eigenvalue weighted by Gasteiger charge is 2.34. The molecule has 6 nitrogen and oxygen atoms in total. The number of benzene rings is 1. The van der Waals surface area contributed by atoms with Crippen molar-refractivity contribution in [2.24, 2.45) is 5.73 Å². The maximum Gasteiger partial charge on any atom is 0.243 e. The first-order valence-electron chi connectivity index (χ1n) is 8.57. The first-order chi connectivity index (χ1) is 11.5. The van der Waals surface area contributed by atoms with Crippen LogP contribution in [0.2, 0.25) is 0 Å². The average molecular weight is 390 g/mol. The third-order valence-electron chi connectivity index (χ3n) is 4.42. The lowest BCUT2D eigenvalue weighted by molar-refractivity contribution is -0.121. The smallest absolute Gasteiger partial charge is 0.243 e. The Morgan fingerprint density at radius 1 is 1.32 bits per heavy atom. The number of nitrogens with one attached hydrogen (secondary N) is 1. The SMILES string of the molecule is CCc1ccccc1S(=O)(=O)N1CCCCC1CNC(=O)CCN.Cl. The van der Waals surface area contributed by atoms with E-state index in [0.29, 0.717) is 31.0 Å². The molecule has 1 aromatic carbocycles. The molecule has 1 saturated heterocycles. The summed E-state index contributed by atoms with van der Waals surface area (Å²) in [5.41, 5.74) is 6.20. The van der Waals surface area contributed by atoms with E-state index >= 15 is 0 Å². The number of nitrogens with zero attached hydrogens (tertiary/aromatic N) is 1. The highest BCUT2D eigenvalue weighted by atomic mass is 35.5. The van der Waals surface area contributed by atoms with Crippen molar-refractivity contribution in [3.05, 3.63) is 29.8 Å².